The highest BCUT2D eigenvalue weighted by Gasteiger charge is 2.42. The van der Waals surface area contributed by atoms with Crippen molar-refractivity contribution in [2.45, 2.75) is 85.0 Å². The van der Waals surface area contributed by atoms with Gasteiger partial charge in [-0.1, -0.05) is 23.8 Å². The van der Waals surface area contributed by atoms with Crippen molar-refractivity contribution >= 4 is 29.8 Å². The lowest BCUT2D eigenvalue weighted by Crippen LogP contribution is -2.59. The van der Waals surface area contributed by atoms with Gasteiger partial charge in [-0.15, -0.1) is 0 Å². The number of amides is 4. The van der Waals surface area contributed by atoms with Gasteiger partial charge < -0.3 is 30.7 Å². The van der Waals surface area contributed by atoms with Crippen molar-refractivity contribution < 1.29 is 33.4 Å². The first-order chi connectivity index (χ1) is 16.9. The van der Waals surface area contributed by atoms with Crippen LogP contribution in [0.25, 0.3) is 0 Å². The number of hydrogen-bond acceptors (Lipinski definition) is 7. The minimum atomic E-state index is -1.41. The Bertz CT molecular complexity index is 1020. The molecule has 11 heteroatoms. The lowest BCUT2D eigenvalue weighted by molar-refractivity contribution is -0.150. The van der Waals surface area contributed by atoms with E-state index in [1.54, 1.807) is 60.6 Å². The van der Waals surface area contributed by atoms with Gasteiger partial charge in [-0.05, 0) is 66.5 Å². The van der Waals surface area contributed by atoms with Crippen LogP contribution >= 0.6 is 0 Å². The largest absolute Gasteiger partial charge is 0.468 e. The predicted molar refractivity (Wildman–Crippen MR) is 137 cm³/mol. The molecule has 1 aromatic carbocycles. The first-order valence-corrected chi connectivity index (χ1v) is 11.9. The number of hydrogen-bond donors (Lipinski definition) is 3. The number of nitrogens with two attached hydrogens (primary N) is 1. The molecule has 0 saturated heterocycles. The van der Waals surface area contributed by atoms with Crippen LogP contribution in [0.5, 0.6) is 0 Å². The Balaban J connectivity index is 3.64. The van der Waals surface area contributed by atoms with Gasteiger partial charge in [0, 0.05) is 5.54 Å². The van der Waals surface area contributed by atoms with Crippen LogP contribution in [0.15, 0.2) is 18.2 Å². The van der Waals surface area contributed by atoms with E-state index >= 15 is 0 Å². The predicted octanol–water partition coefficient (Wildman–Crippen LogP) is 2.03. The summed E-state index contributed by atoms with van der Waals surface area (Å²) >= 11 is 0. The zero-order valence-electron chi connectivity index (χ0n) is 23.2. The maximum Gasteiger partial charge on any atom is 0.408 e. The van der Waals surface area contributed by atoms with Gasteiger partial charge in [-0.25, -0.2) is 4.79 Å². The fourth-order valence-electron chi connectivity index (χ4n) is 3.72. The molecule has 4 N–H and O–H groups in total. The highest BCUT2D eigenvalue weighted by molar-refractivity contribution is 5.95. The molecule has 0 bridgehead atoms. The summed E-state index contributed by atoms with van der Waals surface area (Å²) in [4.78, 5) is 64.9. The van der Waals surface area contributed by atoms with E-state index in [0.717, 1.165) is 11.1 Å². The molecule has 0 heterocycles. The molecular formula is C26H40N4O7. The fraction of sp³-hybridized carbons (Fsp3) is 0.577. The summed E-state index contributed by atoms with van der Waals surface area (Å²) in [6.45, 7) is 13.4. The van der Waals surface area contributed by atoms with E-state index in [4.69, 9.17) is 10.5 Å². The molecule has 0 saturated carbocycles. The number of primary amides is 1. The summed E-state index contributed by atoms with van der Waals surface area (Å²) in [6.07, 6.45) is -1.44. The molecule has 2 unspecified atom stereocenters. The summed E-state index contributed by atoms with van der Waals surface area (Å²) < 4.78 is 9.88. The number of aryl methyl sites for hydroxylation is 2. The van der Waals surface area contributed by atoms with Crippen molar-refractivity contribution in [3.63, 3.8) is 0 Å². The number of nitrogens with one attached hydrogen (secondary N) is 2. The number of esters is 1. The molecule has 37 heavy (non-hydrogen) atoms. The number of carbonyl (C=O) groups is 5. The molecule has 0 fully saturated rings. The van der Waals surface area contributed by atoms with Crippen molar-refractivity contribution in [2.24, 2.45) is 5.73 Å². The van der Waals surface area contributed by atoms with E-state index in [9.17, 15) is 24.0 Å². The fourth-order valence-corrected chi connectivity index (χ4v) is 3.72. The summed E-state index contributed by atoms with van der Waals surface area (Å²) in [6, 6.07) is 2.76. The lowest BCUT2D eigenvalue weighted by atomic mass is 9.92. The molecule has 0 aliphatic rings. The van der Waals surface area contributed by atoms with Crippen LogP contribution in [-0.2, 0) is 28.7 Å². The quantitative estimate of drug-likeness (QED) is 0.420. The van der Waals surface area contributed by atoms with Crippen molar-refractivity contribution in [3.8, 4) is 0 Å². The number of rotatable bonds is 9. The molecule has 2 atom stereocenters. The highest BCUT2D eigenvalue weighted by atomic mass is 16.6. The summed E-state index contributed by atoms with van der Waals surface area (Å²) in [5.41, 5.74) is 5.74. The number of methoxy groups -OCH3 is 1. The average molecular weight is 521 g/mol. The normalized spacial score (nSPS) is 13.1. The topological polar surface area (TPSA) is 157 Å². The standard InChI is InChI=1S/C26H40N4O7/c1-15-10-11-17(16(2)12-15)21(22(33)28-14-20(32)36-9)30(25(3,4)5)23(34)18(13-19(27)31)29-24(35)37-26(6,7)8/h10-12,18,21H,13-14H2,1-9H3,(H2,27,31)(H,28,33)(H,29,35). The second-order valence-electron chi connectivity index (χ2n) is 10.8. The molecular weight excluding hydrogens is 480 g/mol. The zero-order chi connectivity index (χ0) is 28.7. The van der Waals surface area contributed by atoms with Crippen LogP contribution in [0.4, 0.5) is 4.79 Å². The average Bonchev–Trinajstić information content (AvgIpc) is 2.72. The monoisotopic (exact) mass is 520 g/mol. The molecule has 11 nitrogen and oxygen atoms in total. The second-order valence-corrected chi connectivity index (χ2v) is 10.8. The first kappa shape index (κ1) is 31.4. The smallest absolute Gasteiger partial charge is 0.408 e. The number of benzene rings is 1. The van der Waals surface area contributed by atoms with Gasteiger partial charge in [0.25, 0.3) is 0 Å². The molecule has 4 amide bonds. The van der Waals surface area contributed by atoms with Crippen molar-refractivity contribution in [1.29, 1.82) is 0 Å². The minimum Gasteiger partial charge on any atom is -0.468 e. The maximum atomic E-state index is 14.0. The van der Waals surface area contributed by atoms with Gasteiger partial charge >= 0.3 is 12.1 Å². The number of ether oxygens (including phenoxy) is 2. The van der Waals surface area contributed by atoms with E-state index < -0.39 is 66.0 Å². The molecule has 206 valence electrons. The Hall–Kier alpha value is -3.63. The van der Waals surface area contributed by atoms with E-state index in [1.165, 1.54) is 12.0 Å². The van der Waals surface area contributed by atoms with Gasteiger partial charge in [0.1, 0.15) is 24.2 Å². The molecule has 1 aromatic rings. The SMILES string of the molecule is COC(=O)CNC(=O)C(c1ccc(C)cc1C)N(C(=O)C(CC(N)=O)NC(=O)OC(C)(C)C)C(C)(C)C. The zero-order valence-corrected chi connectivity index (χ0v) is 23.2. The number of alkyl carbamates (subject to hydrolysis) is 1. The van der Waals surface area contributed by atoms with Crippen molar-refractivity contribution in [1.82, 2.24) is 15.5 Å². The highest BCUT2D eigenvalue weighted by Crippen LogP contribution is 2.32. The Morgan fingerprint density at radius 1 is 1.03 bits per heavy atom. The van der Waals surface area contributed by atoms with Crippen LogP contribution in [0.2, 0.25) is 0 Å². The van der Waals surface area contributed by atoms with Gasteiger partial charge in [0.15, 0.2) is 0 Å². The first-order valence-electron chi connectivity index (χ1n) is 11.9. The van der Waals surface area contributed by atoms with Gasteiger partial charge in [-0.2, -0.15) is 0 Å². The van der Waals surface area contributed by atoms with Crippen molar-refractivity contribution in [2.75, 3.05) is 13.7 Å². The van der Waals surface area contributed by atoms with Gasteiger partial charge in [-0.3, -0.25) is 19.2 Å². The Labute approximate surface area is 218 Å². The summed E-state index contributed by atoms with van der Waals surface area (Å²) in [5.74, 6) is -2.87. The van der Waals surface area contributed by atoms with E-state index in [0.29, 0.717) is 5.56 Å². The van der Waals surface area contributed by atoms with Crippen LogP contribution in [0.1, 0.15) is 70.7 Å². The van der Waals surface area contributed by atoms with Crippen LogP contribution in [-0.4, -0.2) is 65.5 Å². The second kappa shape index (κ2) is 12.6. The molecule has 0 aromatic heterocycles. The Morgan fingerprint density at radius 2 is 1.62 bits per heavy atom. The lowest BCUT2D eigenvalue weighted by Gasteiger charge is -2.43. The number of carbonyl (C=O) groups excluding carboxylic acids is 5. The third kappa shape index (κ3) is 9.74. The van der Waals surface area contributed by atoms with E-state index in [2.05, 4.69) is 15.4 Å². The van der Waals surface area contributed by atoms with Crippen molar-refractivity contribution in [3.05, 3.63) is 34.9 Å². The molecule has 0 radical (unpaired) electrons. The van der Waals surface area contributed by atoms with E-state index in [-0.39, 0.29) is 0 Å². The minimum absolute atomic E-state index is 0.413. The molecule has 1 rings (SSSR count). The maximum absolute atomic E-state index is 14.0. The summed E-state index contributed by atoms with van der Waals surface area (Å²) in [7, 11) is 1.19. The Kier molecular flexibility index (Phi) is 10.7. The van der Waals surface area contributed by atoms with E-state index in [1.807, 2.05) is 13.0 Å². The molecule has 0 spiro atoms. The Morgan fingerprint density at radius 3 is 2.08 bits per heavy atom. The van der Waals surface area contributed by atoms with Crippen LogP contribution in [0, 0.1) is 13.8 Å². The molecule has 0 aliphatic heterocycles. The molecule has 0 aliphatic carbocycles. The summed E-state index contributed by atoms with van der Waals surface area (Å²) in [5, 5.41) is 4.95. The van der Waals surface area contributed by atoms with Gasteiger partial charge in [0.05, 0.1) is 13.5 Å². The number of nitrogens with zero attached hydrogens (tertiary/aromatic N) is 1. The third-order valence-electron chi connectivity index (χ3n) is 5.22. The van der Waals surface area contributed by atoms with Crippen LogP contribution in [0.3, 0.4) is 0 Å². The van der Waals surface area contributed by atoms with Crippen LogP contribution < -0.4 is 16.4 Å². The van der Waals surface area contributed by atoms with Gasteiger partial charge in [0.2, 0.25) is 17.7 Å². The third-order valence-corrected chi connectivity index (χ3v) is 5.22.